The van der Waals surface area contributed by atoms with Crippen molar-refractivity contribution in [2.75, 3.05) is 11.2 Å². The molecule has 0 bridgehead atoms. The van der Waals surface area contributed by atoms with E-state index < -0.39 is 7.29 Å². The monoisotopic (exact) mass is 319 g/mol. The molecule has 2 nitrogen and oxygen atoms in total. The van der Waals surface area contributed by atoms with Gasteiger partial charge in [0.25, 0.3) is 0 Å². The summed E-state index contributed by atoms with van der Waals surface area (Å²) in [5, 5.41) is 1.78. The van der Waals surface area contributed by atoms with E-state index in [0.717, 1.165) is 29.3 Å². The van der Waals surface area contributed by atoms with Crippen LogP contribution in [-0.4, -0.2) is 6.54 Å². The van der Waals surface area contributed by atoms with E-state index in [1.54, 1.807) is 0 Å². The summed E-state index contributed by atoms with van der Waals surface area (Å²) in [5.41, 5.74) is 2.38. The van der Waals surface area contributed by atoms with Crippen molar-refractivity contribution in [1.29, 1.82) is 0 Å². The Morgan fingerprint density at radius 1 is 0.696 bits per heavy atom. The van der Waals surface area contributed by atoms with E-state index in [9.17, 15) is 4.57 Å². The molecular weight excluding hydrogens is 301 g/mol. The number of hydrogen-bond acceptors (Lipinski definition) is 1. The zero-order valence-electron chi connectivity index (χ0n) is 12.8. The third-order valence-corrected chi connectivity index (χ3v) is 7.51. The minimum absolute atomic E-state index is 0.792. The summed E-state index contributed by atoms with van der Waals surface area (Å²) in [7, 11) is -2.87. The maximum atomic E-state index is 14.3. The summed E-state index contributed by atoms with van der Waals surface area (Å²) in [4.78, 5) is 0. The number of hydrogen-bond donors (Lipinski definition) is 0. The van der Waals surface area contributed by atoms with Gasteiger partial charge in [0, 0.05) is 22.8 Å². The Labute approximate surface area is 136 Å². The molecule has 0 amide bonds. The molecule has 0 saturated carbocycles. The quantitative estimate of drug-likeness (QED) is 0.681. The van der Waals surface area contributed by atoms with Gasteiger partial charge in [-0.3, -0.25) is 4.57 Å². The molecule has 0 N–H and O–H groups in total. The lowest BCUT2D eigenvalue weighted by atomic mass is 10.2. The van der Waals surface area contributed by atoms with E-state index in [-0.39, 0.29) is 0 Å². The number of para-hydroxylation sites is 1. The first-order chi connectivity index (χ1) is 11.3. The van der Waals surface area contributed by atoms with Crippen LogP contribution in [-0.2, 0) is 11.0 Å². The lowest BCUT2D eigenvalue weighted by molar-refractivity contribution is 0.584. The second-order valence-corrected chi connectivity index (χ2v) is 8.42. The SMILES string of the molecule is O=P(c1ccccc1)(c1ccccc1)N1CCc2ccccc21. The van der Waals surface area contributed by atoms with Gasteiger partial charge in [0.2, 0.25) is 7.29 Å². The highest BCUT2D eigenvalue weighted by atomic mass is 31.2. The molecule has 0 atom stereocenters. The molecule has 114 valence electrons. The third-order valence-electron chi connectivity index (χ3n) is 4.41. The first kappa shape index (κ1) is 14.3. The van der Waals surface area contributed by atoms with Gasteiger partial charge >= 0.3 is 0 Å². The number of fused-ring (bicyclic) bond motifs is 1. The molecule has 3 aromatic carbocycles. The molecule has 0 unspecified atom stereocenters. The smallest absolute Gasteiger partial charge is 0.229 e. The van der Waals surface area contributed by atoms with Crippen LogP contribution in [0.15, 0.2) is 84.9 Å². The van der Waals surface area contributed by atoms with Crippen molar-refractivity contribution in [1.82, 2.24) is 0 Å². The zero-order valence-corrected chi connectivity index (χ0v) is 13.7. The molecule has 0 aliphatic carbocycles. The van der Waals surface area contributed by atoms with Crippen molar-refractivity contribution < 1.29 is 4.57 Å². The maximum Gasteiger partial charge on any atom is 0.229 e. The Bertz CT molecular complexity index is 818. The molecule has 1 heterocycles. The van der Waals surface area contributed by atoms with Gasteiger partial charge in [0.1, 0.15) is 0 Å². The molecule has 0 saturated heterocycles. The standard InChI is InChI=1S/C20H18NOP/c22-23(18-10-3-1-4-11-18,19-12-5-2-6-13-19)21-16-15-17-9-7-8-14-20(17)21/h1-14H,15-16H2. The van der Waals surface area contributed by atoms with E-state index in [1.165, 1.54) is 5.56 Å². The predicted octanol–water partition coefficient (Wildman–Crippen LogP) is 3.98. The van der Waals surface area contributed by atoms with Crippen molar-refractivity contribution >= 4 is 23.6 Å². The molecule has 0 fully saturated rings. The van der Waals surface area contributed by atoms with Crippen LogP contribution in [0, 0.1) is 0 Å². The molecule has 0 spiro atoms. The van der Waals surface area contributed by atoms with Crippen molar-refractivity contribution in [3.05, 3.63) is 90.5 Å². The van der Waals surface area contributed by atoms with Gasteiger partial charge in [-0.05, 0) is 42.3 Å². The van der Waals surface area contributed by atoms with E-state index in [0.29, 0.717) is 0 Å². The van der Waals surface area contributed by atoms with E-state index in [4.69, 9.17) is 0 Å². The maximum absolute atomic E-state index is 14.3. The first-order valence-corrected chi connectivity index (χ1v) is 9.53. The fourth-order valence-corrected chi connectivity index (χ4v) is 6.19. The van der Waals surface area contributed by atoms with Crippen molar-refractivity contribution in [2.24, 2.45) is 0 Å². The lowest BCUT2D eigenvalue weighted by Crippen LogP contribution is -2.31. The lowest BCUT2D eigenvalue weighted by Gasteiger charge is -2.31. The molecule has 0 radical (unpaired) electrons. The van der Waals surface area contributed by atoms with E-state index >= 15 is 0 Å². The van der Waals surface area contributed by atoms with Gasteiger partial charge in [-0.2, -0.15) is 0 Å². The van der Waals surface area contributed by atoms with E-state index in [2.05, 4.69) is 22.9 Å². The first-order valence-electron chi connectivity index (χ1n) is 7.87. The fourth-order valence-electron chi connectivity index (χ4n) is 3.30. The van der Waals surface area contributed by atoms with Crippen molar-refractivity contribution in [3.8, 4) is 0 Å². The number of benzene rings is 3. The summed E-state index contributed by atoms with van der Waals surface area (Å²) in [6, 6.07) is 28.0. The van der Waals surface area contributed by atoms with Crippen LogP contribution in [0.25, 0.3) is 0 Å². The molecule has 3 aromatic rings. The highest BCUT2D eigenvalue weighted by molar-refractivity contribution is 7.80. The highest BCUT2D eigenvalue weighted by Gasteiger charge is 2.37. The van der Waals surface area contributed by atoms with Crippen LogP contribution in [0.5, 0.6) is 0 Å². The normalized spacial score (nSPS) is 13.8. The number of anilines is 1. The largest absolute Gasteiger partial charge is 0.315 e. The zero-order chi connectivity index (χ0) is 15.7. The molecule has 3 heteroatoms. The summed E-state index contributed by atoms with van der Waals surface area (Å²) in [6.45, 7) is 0.792. The summed E-state index contributed by atoms with van der Waals surface area (Å²) < 4.78 is 16.4. The Balaban J connectivity index is 1.93. The summed E-state index contributed by atoms with van der Waals surface area (Å²) in [6.07, 6.45) is 0.944. The minimum Gasteiger partial charge on any atom is -0.315 e. The minimum atomic E-state index is -2.87. The second-order valence-electron chi connectivity index (χ2n) is 5.75. The second kappa shape index (κ2) is 5.72. The fraction of sp³-hybridized carbons (Fsp3) is 0.100. The number of rotatable bonds is 3. The molecular formula is C20H18NOP. The number of nitrogens with zero attached hydrogens (tertiary/aromatic N) is 1. The third kappa shape index (κ3) is 2.31. The van der Waals surface area contributed by atoms with E-state index in [1.807, 2.05) is 66.7 Å². The van der Waals surface area contributed by atoms with Gasteiger partial charge < -0.3 is 4.67 Å². The van der Waals surface area contributed by atoms with Gasteiger partial charge in [0.05, 0.1) is 0 Å². The molecule has 1 aliphatic heterocycles. The average molecular weight is 319 g/mol. The van der Waals surface area contributed by atoms with Gasteiger partial charge in [-0.1, -0.05) is 54.6 Å². The Hall–Kier alpha value is -2.31. The molecule has 0 aromatic heterocycles. The Morgan fingerprint density at radius 2 is 1.22 bits per heavy atom. The topological polar surface area (TPSA) is 20.3 Å². The predicted molar refractivity (Wildman–Crippen MR) is 97.3 cm³/mol. The highest BCUT2D eigenvalue weighted by Crippen LogP contribution is 2.52. The molecule has 23 heavy (non-hydrogen) atoms. The van der Waals surface area contributed by atoms with Crippen LogP contribution < -0.4 is 15.3 Å². The van der Waals surface area contributed by atoms with Crippen molar-refractivity contribution in [3.63, 3.8) is 0 Å². The van der Waals surface area contributed by atoms with Gasteiger partial charge in [0.15, 0.2) is 0 Å². The van der Waals surface area contributed by atoms with Crippen LogP contribution in [0.4, 0.5) is 5.69 Å². The van der Waals surface area contributed by atoms with Gasteiger partial charge in [-0.25, -0.2) is 0 Å². The van der Waals surface area contributed by atoms with Gasteiger partial charge in [-0.15, -0.1) is 0 Å². The Morgan fingerprint density at radius 3 is 1.83 bits per heavy atom. The average Bonchev–Trinajstić information content (AvgIpc) is 3.07. The van der Waals surface area contributed by atoms with Crippen molar-refractivity contribution in [2.45, 2.75) is 6.42 Å². The van der Waals surface area contributed by atoms with Crippen LogP contribution in [0.3, 0.4) is 0 Å². The summed E-state index contributed by atoms with van der Waals surface area (Å²) in [5.74, 6) is 0. The van der Waals surface area contributed by atoms with Crippen LogP contribution >= 0.6 is 7.29 Å². The summed E-state index contributed by atoms with van der Waals surface area (Å²) >= 11 is 0. The van der Waals surface area contributed by atoms with Crippen LogP contribution in [0.1, 0.15) is 5.56 Å². The molecule has 1 aliphatic rings. The Kier molecular flexibility index (Phi) is 3.55. The molecule has 4 rings (SSSR count). The van der Waals surface area contributed by atoms with Crippen LogP contribution in [0.2, 0.25) is 0 Å².